The Morgan fingerprint density at radius 1 is 1.00 bits per heavy atom. The third-order valence-corrected chi connectivity index (χ3v) is 6.95. The minimum atomic E-state index is -0.852. The van der Waals surface area contributed by atoms with Crippen molar-refractivity contribution in [2.75, 3.05) is 51.3 Å². The van der Waals surface area contributed by atoms with Crippen LogP contribution < -0.4 is 4.90 Å². The van der Waals surface area contributed by atoms with Crippen LogP contribution in [0, 0.1) is 5.82 Å². The van der Waals surface area contributed by atoms with E-state index in [9.17, 15) is 23.6 Å². The number of esters is 1. The molecule has 9 nitrogen and oxygen atoms in total. The molecule has 0 unspecified atom stereocenters. The monoisotopic (exact) mass is 460 g/mol. The summed E-state index contributed by atoms with van der Waals surface area (Å²) in [6.45, 7) is 1.13. The molecule has 3 aliphatic rings. The molecule has 4 amide bonds. The highest BCUT2D eigenvalue weighted by atomic mass is 19.1. The first kappa shape index (κ1) is 23.0. The number of amides is 4. The number of carbonyl (C=O) groups excluding carboxylic acids is 4. The molecule has 10 heteroatoms. The van der Waals surface area contributed by atoms with Gasteiger partial charge in [0.2, 0.25) is 0 Å². The Labute approximate surface area is 192 Å². The number of benzene rings is 1. The molecule has 0 atom stereocenters. The molecular weight excluding hydrogens is 431 g/mol. The van der Waals surface area contributed by atoms with Crippen LogP contribution in [0.25, 0.3) is 0 Å². The summed E-state index contributed by atoms with van der Waals surface area (Å²) >= 11 is 0. The molecule has 178 valence electrons. The number of anilines is 1. The van der Waals surface area contributed by atoms with Gasteiger partial charge in [-0.25, -0.2) is 9.18 Å². The van der Waals surface area contributed by atoms with Gasteiger partial charge in [0.25, 0.3) is 11.8 Å². The molecule has 1 aliphatic carbocycles. The summed E-state index contributed by atoms with van der Waals surface area (Å²) in [5.41, 5.74) is 0.0332. The SMILES string of the molecule is CN1C(=O)N(CC(=O)OCC(=O)N2CCN(c3ccc(F)cc3)CC2)C(=O)C12CCCCC2. The van der Waals surface area contributed by atoms with Crippen LogP contribution >= 0.6 is 0 Å². The zero-order valence-electron chi connectivity index (χ0n) is 18.8. The Hall–Kier alpha value is -3.17. The van der Waals surface area contributed by atoms with Crippen molar-refractivity contribution in [1.82, 2.24) is 14.7 Å². The van der Waals surface area contributed by atoms with Gasteiger partial charge in [-0.3, -0.25) is 19.3 Å². The largest absolute Gasteiger partial charge is 0.454 e. The molecular formula is C23H29FN4O5. The first-order chi connectivity index (χ1) is 15.8. The molecule has 1 saturated carbocycles. The first-order valence-corrected chi connectivity index (χ1v) is 11.4. The zero-order chi connectivity index (χ0) is 23.6. The lowest BCUT2D eigenvalue weighted by atomic mass is 9.81. The van der Waals surface area contributed by atoms with Crippen LogP contribution in [0.3, 0.4) is 0 Å². The van der Waals surface area contributed by atoms with Crippen molar-refractivity contribution in [1.29, 1.82) is 0 Å². The molecule has 0 N–H and O–H groups in total. The number of urea groups is 1. The van der Waals surface area contributed by atoms with E-state index in [1.54, 1.807) is 24.1 Å². The summed E-state index contributed by atoms with van der Waals surface area (Å²) in [7, 11) is 1.60. The topological polar surface area (TPSA) is 90.5 Å². The number of halogens is 1. The molecule has 4 rings (SSSR count). The van der Waals surface area contributed by atoms with E-state index in [0.29, 0.717) is 39.0 Å². The fourth-order valence-corrected chi connectivity index (χ4v) is 4.95. The summed E-state index contributed by atoms with van der Waals surface area (Å²) in [6.07, 6.45) is 3.96. The van der Waals surface area contributed by atoms with Gasteiger partial charge < -0.3 is 19.4 Å². The van der Waals surface area contributed by atoms with Gasteiger partial charge in [0.05, 0.1) is 0 Å². The van der Waals surface area contributed by atoms with E-state index in [0.717, 1.165) is 29.8 Å². The third kappa shape index (κ3) is 4.51. The zero-order valence-corrected chi connectivity index (χ0v) is 18.8. The predicted molar refractivity (Wildman–Crippen MR) is 117 cm³/mol. The van der Waals surface area contributed by atoms with Crippen molar-refractivity contribution in [3.8, 4) is 0 Å². The van der Waals surface area contributed by atoms with Crippen LogP contribution in [-0.2, 0) is 19.1 Å². The van der Waals surface area contributed by atoms with E-state index in [1.165, 1.54) is 17.0 Å². The lowest BCUT2D eigenvalue weighted by Crippen LogP contribution is -2.50. The van der Waals surface area contributed by atoms with Gasteiger partial charge in [-0.15, -0.1) is 0 Å². The minimum absolute atomic E-state index is 0.299. The van der Waals surface area contributed by atoms with Gasteiger partial charge in [-0.2, -0.15) is 0 Å². The maximum absolute atomic E-state index is 13.1. The highest BCUT2D eigenvalue weighted by Crippen LogP contribution is 2.39. The van der Waals surface area contributed by atoms with Gasteiger partial charge in [-0.1, -0.05) is 19.3 Å². The molecule has 2 aliphatic heterocycles. The first-order valence-electron chi connectivity index (χ1n) is 11.4. The number of hydrogen-bond donors (Lipinski definition) is 0. The molecule has 0 bridgehead atoms. The van der Waals surface area contributed by atoms with Crippen molar-refractivity contribution in [2.24, 2.45) is 0 Å². The van der Waals surface area contributed by atoms with Gasteiger partial charge >= 0.3 is 12.0 Å². The van der Waals surface area contributed by atoms with Crippen LogP contribution in [-0.4, -0.2) is 90.4 Å². The highest BCUT2D eigenvalue weighted by molar-refractivity contribution is 6.08. The van der Waals surface area contributed by atoms with Gasteiger partial charge in [0.1, 0.15) is 17.9 Å². The number of piperazine rings is 1. The number of ether oxygens (including phenoxy) is 1. The molecule has 33 heavy (non-hydrogen) atoms. The Kier molecular flexibility index (Phi) is 6.53. The number of likely N-dealkylation sites (N-methyl/N-ethyl adjacent to an activating group) is 1. The number of imide groups is 1. The van der Waals surface area contributed by atoms with Gasteiger partial charge in [0.15, 0.2) is 6.61 Å². The third-order valence-electron chi connectivity index (χ3n) is 6.95. The van der Waals surface area contributed by atoms with Gasteiger partial charge in [0, 0.05) is 38.9 Å². The van der Waals surface area contributed by atoms with Crippen LogP contribution in [0.15, 0.2) is 24.3 Å². The van der Waals surface area contributed by atoms with Crippen molar-refractivity contribution in [2.45, 2.75) is 37.6 Å². The van der Waals surface area contributed by atoms with Crippen molar-refractivity contribution in [3.05, 3.63) is 30.1 Å². The molecule has 2 saturated heterocycles. The molecule has 1 aromatic carbocycles. The van der Waals surface area contributed by atoms with E-state index in [-0.39, 0.29) is 17.6 Å². The summed E-state index contributed by atoms with van der Waals surface area (Å²) in [5, 5.41) is 0. The molecule has 0 radical (unpaired) electrons. The van der Waals surface area contributed by atoms with E-state index < -0.39 is 30.7 Å². The Balaban J connectivity index is 1.24. The van der Waals surface area contributed by atoms with Crippen LogP contribution in [0.4, 0.5) is 14.9 Å². The average molecular weight is 461 g/mol. The maximum atomic E-state index is 13.1. The molecule has 0 aromatic heterocycles. The minimum Gasteiger partial charge on any atom is -0.454 e. The molecule has 1 aromatic rings. The number of hydrogen-bond acceptors (Lipinski definition) is 6. The standard InChI is InChI=1S/C23H29FN4O5/c1-25-22(32)28(21(31)23(25)9-3-2-4-10-23)15-20(30)33-16-19(29)27-13-11-26(12-14-27)18-7-5-17(24)6-8-18/h5-8H,2-4,9-16H2,1H3. The predicted octanol–water partition coefficient (Wildman–Crippen LogP) is 1.61. The quantitative estimate of drug-likeness (QED) is 0.490. The van der Waals surface area contributed by atoms with Crippen molar-refractivity contribution in [3.63, 3.8) is 0 Å². The molecule has 2 heterocycles. The molecule has 3 fully saturated rings. The van der Waals surface area contributed by atoms with Crippen LogP contribution in [0.2, 0.25) is 0 Å². The van der Waals surface area contributed by atoms with E-state index in [4.69, 9.17) is 4.74 Å². The smallest absolute Gasteiger partial charge is 0.327 e. The lowest BCUT2D eigenvalue weighted by Gasteiger charge is -2.36. The summed E-state index contributed by atoms with van der Waals surface area (Å²) in [6, 6.07) is 5.70. The molecule has 1 spiro atoms. The summed E-state index contributed by atoms with van der Waals surface area (Å²) in [5.74, 6) is -1.76. The fraction of sp³-hybridized carbons (Fsp3) is 0.565. The Bertz CT molecular complexity index is 923. The van der Waals surface area contributed by atoms with E-state index >= 15 is 0 Å². The fourth-order valence-electron chi connectivity index (χ4n) is 4.95. The number of nitrogens with zero attached hydrogens (tertiary/aromatic N) is 4. The van der Waals surface area contributed by atoms with E-state index in [2.05, 4.69) is 4.90 Å². The number of carbonyl (C=O) groups is 4. The van der Waals surface area contributed by atoms with Crippen LogP contribution in [0.5, 0.6) is 0 Å². The van der Waals surface area contributed by atoms with Gasteiger partial charge in [-0.05, 0) is 37.1 Å². The van der Waals surface area contributed by atoms with E-state index in [1.807, 2.05) is 0 Å². The van der Waals surface area contributed by atoms with Crippen molar-refractivity contribution < 1.29 is 28.3 Å². The Morgan fingerprint density at radius 3 is 2.27 bits per heavy atom. The average Bonchev–Trinajstić information content (AvgIpc) is 3.00. The second-order valence-electron chi connectivity index (χ2n) is 8.83. The lowest BCUT2D eigenvalue weighted by molar-refractivity contribution is -0.154. The number of rotatable bonds is 5. The summed E-state index contributed by atoms with van der Waals surface area (Å²) < 4.78 is 18.2. The Morgan fingerprint density at radius 2 is 1.64 bits per heavy atom. The van der Waals surface area contributed by atoms with Crippen LogP contribution in [0.1, 0.15) is 32.1 Å². The second kappa shape index (κ2) is 9.36. The second-order valence-corrected chi connectivity index (χ2v) is 8.83. The summed E-state index contributed by atoms with van der Waals surface area (Å²) in [4.78, 5) is 56.4. The normalized spacial score (nSPS) is 20.5. The highest BCUT2D eigenvalue weighted by Gasteiger charge is 2.56. The maximum Gasteiger partial charge on any atom is 0.327 e. The van der Waals surface area contributed by atoms with Crippen molar-refractivity contribution >= 4 is 29.5 Å².